The van der Waals surface area contributed by atoms with Gasteiger partial charge in [-0.2, -0.15) is 0 Å². The van der Waals surface area contributed by atoms with E-state index in [1.54, 1.807) is 11.3 Å². The Morgan fingerprint density at radius 3 is 2.29 bits per heavy atom. The SMILES string of the molecule is CC(C)(C)c1cc(-c2cc(-c3cncc4sccc34)ccn2)[c-]c2ccccc12.CCC(CC)C(=O)/C=C(\O)C(CC)CC.[Ir]. The van der Waals surface area contributed by atoms with Gasteiger partial charge in [-0.1, -0.05) is 83.7 Å². The molecule has 0 aliphatic rings. The van der Waals surface area contributed by atoms with E-state index in [1.807, 2.05) is 46.3 Å². The van der Waals surface area contributed by atoms with Gasteiger partial charge in [-0.25, -0.2) is 0 Å². The van der Waals surface area contributed by atoms with Crippen molar-refractivity contribution in [2.24, 2.45) is 11.8 Å². The number of aliphatic hydroxyl groups is 1. The van der Waals surface area contributed by atoms with Crippen LogP contribution in [-0.4, -0.2) is 20.9 Å². The molecular formula is C39H45IrN2O2S-. The largest absolute Gasteiger partial charge is 0.512 e. The summed E-state index contributed by atoms with van der Waals surface area (Å²) in [6.45, 7) is 14.8. The van der Waals surface area contributed by atoms with Gasteiger partial charge in [0.2, 0.25) is 0 Å². The van der Waals surface area contributed by atoms with Gasteiger partial charge in [0, 0.05) is 73.3 Å². The summed E-state index contributed by atoms with van der Waals surface area (Å²) in [5.41, 5.74) is 5.59. The summed E-state index contributed by atoms with van der Waals surface area (Å²) in [6.07, 6.45) is 10.7. The number of thiophene rings is 1. The van der Waals surface area contributed by atoms with Gasteiger partial charge in [-0.3, -0.25) is 14.8 Å². The Balaban J connectivity index is 0.000000297. The monoisotopic (exact) mass is 798 g/mol. The first-order valence-electron chi connectivity index (χ1n) is 15.8. The number of allylic oxidation sites excluding steroid dienone is 2. The van der Waals surface area contributed by atoms with Crippen molar-refractivity contribution < 1.29 is 30.0 Å². The first-order chi connectivity index (χ1) is 21.1. The molecule has 0 saturated carbocycles. The maximum Gasteiger partial charge on any atom is 0.162 e. The van der Waals surface area contributed by atoms with Gasteiger partial charge in [0.05, 0.1) is 10.5 Å². The first kappa shape index (κ1) is 36.3. The van der Waals surface area contributed by atoms with Crippen molar-refractivity contribution >= 4 is 38.0 Å². The molecule has 0 fully saturated rings. The van der Waals surface area contributed by atoms with E-state index in [-0.39, 0.29) is 48.9 Å². The number of aromatic nitrogens is 2. The summed E-state index contributed by atoms with van der Waals surface area (Å²) in [4.78, 5) is 20.8. The van der Waals surface area contributed by atoms with Crippen molar-refractivity contribution in [3.8, 4) is 22.4 Å². The van der Waals surface area contributed by atoms with Crippen molar-refractivity contribution in [1.82, 2.24) is 9.97 Å². The Labute approximate surface area is 286 Å². The Hall–Kier alpha value is -3.18. The minimum Gasteiger partial charge on any atom is -0.512 e. The average molecular weight is 798 g/mol. The molecule has 0 aliphatic carbocycles. The van der Waals surface area contributed by atoms with Crippen LogP contribution in [0.3, 0.4) is 0 Å². The fourth-order valence-electron chi connectivity index (χ4n) is 5.64. The van der Waals surface area contributed by atoms with Gasteiger partial charge in [0.1, 0.15) is 0 Å². The Morgan fingerprint density at radius 2 is 1.62 bits per heavy atom. The number of benzene rings is 2. The van der Waals surface area contributed by atoms with E-state index in [0.717, 1.165) is 53.5 Å². The molecule has 0 amide bonds. The van der Waals surface area contributed by atoms with Crippen LogP contribution in [0.4, 0.5) is 0 Å². The molecule has 0 spiro atoms. The number of nitrogens with zero attached hydrogens (tertiary/aromatic N) is 2. The third-order valence-corrected chi connectivity index (χ3v) is 9.24. The van der Waals surface area contributed by atoms with Crippen molar-refractivity contribution in [3.05, 3.63) is 96.0 Å². The van der Waals surface area contributed by atoms with Gasteiger partial charge in [-0.05, 0) is 54.2 Å². The summed E-state index contributed by atoms with van der Waals surface area (Å²) in [6, 6.07) is 20.7. The van der Waals surface area contributed by atoms with Gasteiger partial charge < -0.3 is 5.11 Å². The molecule has 0 saturated heterocycles. The fraction of sp³-hybridized carbons (Fsp3) is 0.359. The Kier molecular flexibility index (Phi) is 13.2. The number of carbonyl (C=O) groups excluding carboxylic acids is 1. The van der Waals surface area contributed by atoms with E-state index < -0.39 is 0 Å². The number of ketones is 1. The van der Waals surface area contributed by atoms with Crippen LogP contribution >= 0.6 is 11.3 Å². The minimum absolute atomic E-state index is 0. The van der Waals surface area contributed by atoms with E-state index in [2.05, 4.69) is 90.7 Å². The number of hydrogen-bond donors (Lipinski definition) is 1. The Morgan fingerprint density at radius 1 is 0.933 bits per heavy atom. The number of fused-ring (bicyclic) bond motifs is 2. The second-order valence-corrected chi connectivity index (χ2v) is 13.3. The van der Waals surface area contributed by atoms with Crippen LogP contribution in [0.15, 0.2) is 84.3 Å². The average Bonchev–Trinajstić information content (AvgIpc) is 3.51. The molecule has 1 N–H and O–H groups in total. The topological polar surface area (TPSA) is 63.1 Å². The summed E-state index contributed by atoms with van der Waals surface area (Å²) >= 11 is 1.72. The quantitative estimate of drug-likeness (QED) is 0.0917. The molecule has 0 aliphatic heterocycles. The van der Waals surface area contributed by atoms with Crippen LogP contribution < -0.4 is 0 Å². The second-order valence-electron chi connectivity index (χ2n) is 12.3. The molecule has 2 aromatic carbocycles. The third kappa shape index (κ3) is 8.76. The van der Waals surface area contributed by atoms with Gasteiger partial charge >= 0.3 is 0 Å². The van der Waals surface area contributed by atoms with Crippen molar-refractivity contribution in [3.63, 3.8) is 0 Å². The summed E-state index contributed by atoms with van der Waals surface area (Å²) in [7, 11) is 0. The molecule has 5 rings (SSSR count). The summed E-state index contributed by atoms with van der Waals surface area (Å²) in [5, 5.41) is 15.5. The van der Waals surface area contributed by atoms with Crippen LogP contribution in [0.5, 0.6) is 0 Å². The molecule has 45 heavy (non-hydrogen) atoms. The predicted octanol–water partition coefficient (Wildman–Crippen LogP) is 11.1. The van der Waals surface area contributed by atoms with E-state index >= 15 is 0 Å². The maximum atomic E-state index is 11.7. The van der Waals surface area contributed by atoms with Gasteiger partial charge in [0.25, 0.3) is 0 Å². The summed E-state index contributed by atoms with van der Waals surface area (Å²) in [5.74, 6) is 0.547. The predicted molar refractivity (Wildman–Crippen MR) is 187 cm³/mol. The number of hydrogen-bond acceptors (Lipinski definition) is 5. The van der Waals surface area contributed by atoms with Crippen LogP contribution in [0.1, 0.15) is 79.7 Å². The maximum absolute atomic E-state index is 11.7. The van der Waals surface area contributed by atoms with E-state index in [9.17, 15) is 9.90 Å². The zero-order chi connectivity index (χ0) is 31.9. The summed E-state index contributed by atoms with van der Waals surface area (Å²) < 4.78 is 1.20. The molecule has 0 atom stereocenters. The molecule has 239 valence electrons. The fourth-order valence-corrected chi connectivity index (χ4v) is 6.41. The van der Waals surface area contributed by atoms with E-state index in [0.29, 0.717) is 0 Å². The molecule has 1 radical (unpaired) electrons. The number of aliphatic hydroxyl groups excluding tert-OH is 1. The van der Waals surface area contributed by atoms with Crippen LogP contribution in [0, 0.1) is 17.9 Å². The normalized spacial score (nSPS) is 11.9. The Bertz CT molecular complexity index is 1740. The van der Waals surface area contributed by atoms with Crippen LogP contribution in [-0.2, 0) is 30.3 Å². The molecular weight excluding hydrogens is 753 g/mol. The zero-order valence-corrected chi connectivity index (χ0v) is 30.7. The van der Waals surface area contributed by atoms with Crippen LogP contribution in [0.25, 0.3) is 43.2 Å². The molecule has 0 unspecified atom stereocenters. The first-order valence-corrected chi connectivity index (χ1v) is 16.7. The second kappa shape index (κ2) is 16.4. The molecule has 3 heterocycles. The molecule has 3 aromatic heterocycles. The van der Waals surface area contributed by atoms with E-state index in [4.69, 9.17) is 0 Å². The molecule has 5 aromatic rings. The van der Waals surface area contributed by atoms with E-state index in [1.165, 1.54) is 27.1 Å². The molecule has 4 nitrogen and oxygen atoms in total. The molecule has 0 bridgehead atoms. The van der Waals surface area contributed by atoms with Gasteiger partial charge in [0.15, 0.2) is 5.78 Å². The number of pyridine rings is 2. The third-order valence-electron chi connectivity index (χ3n) is 8.39. The number of rotatable bonds is 9. The molecule has 6 heteroatoms. The van der Waals surface area contributed by atoms with Crippen LogP contribution in [0.2, 0.25) is 0 Å². The van der Waals surface area contributed by atoms with Crippen molar-refractivity contribution in [2.75, 3.05) is 0 Å². The smallest absolute Gasteiger partial charge is 0.162 e. The zero-order valence-electron chi connectivity index (χ0n) is 27.5. The standard InChI is InChI=1S/C26H21N2S.C13H24O2.Ir/c1-26(2,3)23-13-19(12-17-6-4-5-7-20(17)23)24-14-18(8-10-28-24)22-15-27-16-25-21(22)9-11-29-25;1-5-10(6-2)12(14)9-13(15)11(7-3)8-4;/h4-11,13-16H,1-3H3;9-11,14H,5-8H2,1-4H3;/q-1;;/b;12-9-;. The van der Waals surface area contributed by atoms with Gasteiger partial charge in [-0.15, -0.1) is 40.5 Å². The minimum atomic E-state index is 0. The van der Waals surface area contributed by atoms with Crippen molar-refractivity contribution in [2.45, 2.75) is 79.6 Å². The van der Waals surface area contributed by atoms with Crippen molar-refractivity contribution in [1.29, 1.82) is 0 Å². The number of carbonyl (C=O) groups is 1.